The molecule has 3 aliphatic rings. The molecule has 3 aromatic rings. The Morgan fingerprint density at radius 1 is 0.656 bits per heavy atom. The standard InChI is InChI=1S/C28H20BrNO2/c29-21-13-7-8-14-22(21)30-27(31)25-19-15-16-20(26(25)28(30)32)24(19)23(17-9-3-1-4-10-17)18-11-5-2-6-12-18/h1-16,19-20,25-26H/t19-,20-,25+,26+/m0/s1. The zero-order valence-electron chi connectivity index (χ0n) is 17.2. The van der Waals surface area contributed by atoms with E-state index in [0.29, 0.717) is 5.69 Å². The summed E-state index contributed by atoms with van der Waals surface area (Å²) >= 11 is 3.51. The minimum atomic E-state index is -0.345. The number of benzene rings is 3. The lowest BCUT2D eigenvalue weighted by molar-refractivity contribution is -0.122. The first-order valence-corrected chi connectivity index (χ1v) is 11.6. The summed E-state index contributed by atoms with van der Waals surface area (Å²) in [6.45, 7) is 0. The van der Waals surface area contributed by atoms with Crippen molar-refractivity contribution in [2.24, 2.45) is 23.7 Å². The first-order chi connectivity index (χ1) is 15.7. The maximum atomic E-state index is 13.6. The molecule has 6 rings (SSSR count). The number of allylic oxidation sites excluding steroid dienone is 3. The molecule has 0 unspecified atom stereocenters. The third-order valence-corrected chi connectivity index (χ3v) is 7.59. The van der Waals surface area contributed by atoms with Crippen molar-refractivity contribution in [3.63, 3.8) is 0 Å². The van der Waals surface area contributed by atoms with E-state index < -0.39 is 0 Å². The highest BCUT2D eigenvalue weighted by Gasteiger charge is 2.62. The number of para-hydroxylation sites is 1. The lowest BCUT2D eigenvalue weighted by Gasteiger charge is -2.22. The highest BCUT2D eigenvalue weighted by Crippen LogP contribution is 2.59. The van der Waals surface area contributed by atoms with Crippen LogP contribution in [0.4, 0.5) is 5.69 Å². The molecule has 0 aromatic heterocycles. The summed E-state index contributed by atoms with van der Waals surface area (Å²) in [6, 6.07) is 28.0. The van der Waals surface area contributed by atoms with Gasteiger partial charge in [-0.25, -0.2) is 4.90 Å². The van der Waals surface area contributed by atoms with Gasteiger partial charge < -0.3 is 0 Å². The minimum Gasteiger partial charge on any atom is -0.274 e. The zero-order chi connectivity index (χ0) is 21.8. The van der Waals surface area contributed by atoms with E-state index in [1.165, 1.54) is 10.5 Å². The van der Waals surface area contributed by atoms with Crippen molar-refractivity contribution in [1.29, 1.82) is 0 Å². The molecule has 4 atom stereocenters. The number of anilines is 1. The minimum absolute atomic E-state index is 0.0654. The second-order valence-electron chi connectivity index (χ2n) is 8.51. The van der Waals surface area contributed by atoms with E-state index in [2.05, 4.69) is 52.3 Å². The van der Waals surface area contributed by atoms with Crippen molar-refractivity contribution >= 4 is 39.0 Å². The first-order valence-electron chi connectivity index (χ1n) is 10.8. The molecule has 3 nitrogen and oxygen atoms in total. The van der Waals surface area contributed by atoms with Gasteiger partial charge in [-0.15, -0.1) is 0 Å². The fraction of sp³-hybridized carbons (Fsp3) is 0.143. The van der Waals surface area contributed by atoms with Gasteiger partial charge in [-0.05, 0) is 50.3 Å². The second kappa shape index (κ2) is 7.42. The van der Waals surface area contributed by atoms with Gasteiger partial charge in [0.25, 0.3) is 0 Å². The van der Waals surface area contributed by atoms with Gasteiger partial charge in [0.05, 0.1) is 17.5 Å². The van der Waals surface area contributed by atoms with E-state index in [1.807, 2.05) is 60.7 Å². The van der Waals surface area contributed by atoms with Gasteiger partial charge in [-0.3, -0.25) is 9.59 Å². The van der Waals surface area contributed by atoms with Gasteiger partial charge in [0.2, 0.25) is 11.8 Å². The summed E-state index contributed by atoms with van der Waals surface area (Å²) in [4.78, 5) is 28.6. The van der Waals surface area contributed by atoms with E-state index in [4.69, 9.17) is 0 Å². The Morgan fingerprint density at radius 3 is 1.62 bits per heavy atom. The van der Waals surface area contributed by atoms with Crippen molar-refractivity contribution < 1.29 is 9.59 Å². The number of hydrogen-bond donors (Lipinski definition) is 0. The largest absolute Gasteiger partial charge is 0.274 e. The predicted molar refractivity (Wildman–Crippen MR) is 129 cm³/mol. The summed E-state index contributed by atoms with van der Waals surface area (Å²) in [5, 5.41) is 0. The lowest BCUT2D eigenvalue weighted by atomic mass is 9.85. The first kappa shape index (κ1) is 19.4. The summed E-state index contributed by atoms with van der Waals surface area (Å²) in [7, 11) is 0. The van der Waals surface area contributed by atoms with E-state index in [9.17, 15) is 9.59 Å². The molecule has 3 aromatic carbocycles. The van der Waals surface area contributed by atoms with Crippen LogP contribution in [0.15, 0.2) is 107 Å². The molecule has 2 fully saturated rings. The number of carbonyl (C=O) groups excluding carboxylic acids is 2. The number of carbonyl (C=O) groups is 2. The Kier molecular flexibility index (Phi) is 4.51. The van der Waals surface area contributed by atoms with E-state index >= 15 is 0 Å². The highest BCUT2D eigenvalue weighted by atomic mass is 79.9. The maximum Gasteiger partial charge on any atom is 0.238 e. The normalized spacial score (nSPS) is 25.5. The molecule has 32 heavy (non-hydrogen) atoms. The summed E-state index contributed by atoms with van der Waals surface area (Å²) in [6.07, 6.45) is 4.28. The Balaban J connectivity index is 1.50. The number of amides is 2. The number of rotatable bonds is 3. The molecular weight excluding hydrogens is 462 g/mol. The number of imide groups is 1. The fourth-order valence-electron chi connectivity index (χ4n) is 5.68. The van der Waals surface area contributed by atoms with E-state index in [-0.39, 0.29) is 35.5 Å². The van der Waals surface area contributed by atoms with Gasteiger partial charge in [-0.2, -0.15) is 0 Å². The molecule has 1 saturated heterocycles. The molecule has 2 aliphatic carbocycles. The van der Waals surface area contributed by atoms with Crippen LogP contribution in [0.1, 0.15) is 11.1 Å². The van der Waals surface area contributed by atoms with Crippen LogP contribution in [0.2, 0.25) is 0 Å². The third-order valence-electron chi connectivity index (χ3n) is 6.92. The molecule has 156 valence electrons. The molecule has 4 heteroatoms. The molecule has 1 heterocycles. The average molecular weight is 482 g/mol. The quantitative estimate of drug-likeness (QED) is 0.346. The summed E-state index contributed by atoms with van der Waals surface area (Å²) in [5.74, 6) is -1.01. The number of hydrogen-bond acceptors (Lipinski definition) is 2. The Hall–Kier alpha value is -3.24. The van der Waals surface area contributed by atoms with Crippen LogP contribution in [0.5, 0.6) is 0 Å². The number of halogens is 1. The van der Waals surface area contributed by atoms with Crippen LogP contribution >= 0.6 is 15.9 Å². The van der Waals surface area contributed by atoms with Gasteiger partial charge in [0.1, 0.15) is 0 Å². The summed E-state index contributed by atoms with van der Waals surface area (Å²) in [5.41, 5.74) is 5.22. The van der Waals surface area contributed by atoms with E-state index in [0.717, 1.165) is 21.2 Å². The van der Waals surface area contributed by atoms with Crippen LogP contribution in [-0.4, -0.2) is 11.8 Å². The average Bonchev–Trinajstić information content (AvgIpc) is 3.46. The van der Waals surface area contributed by atoms with Gasteiger partial charge in [0, 0.05) is 16.3 Å². The molecule has 1 aliphatic heterocycles. The van der Waals surface area contributed by atoms with Crippen LogP contribution in [0.3, 0.4) is 0 Å². The molecular formula is C28H20BrNO2. The van der Waals surface area contributed by atoms with Crippen molar-refractivity contribution in [1.82, 2.24) is 0 Å². The van der Waals surface area contributed by atoms with Gasteiger partial charge >= 0.3 is 0 Å². The smallest absolute Gasteiger partial charge is 0.238 e. The van der Waals surface area contributed by atoms with Crippen LogP contribution < -0.4 is 4.90 Å². The Bertz CT molecular complexity index is 1220. The van der Waals surface area contributed by atoms with Crippen molar-refractivity contribution in [3.05, 3.63) is 118 Å². The molecule has 0 N–H and O–H groups in total. The van der Waals surface area contributed by atoms with Crippen LogP contribution in [0, 0.1) is 23.7 Å². The Labute approximate surface area is 195 Å². The van der Waals surface area contributed by atoms with Crippen LogP contribution in [0.25, 0.3) is 5.57 Å². The second-order valence-corrected chi connectivity index (χ2v) is 9.37. The third kappa shape index (κ3) is 2.72. The van der Waals surface area contributed by atoms with Gasteiger partial charge in [-0.1, -0.05) is 84.9 Å². The molecule has 2 amide bonds. The molecule has 2 bridgehead atoms. The monoisotopic (exact) mass is 481 g/mol. The molecule has 0 spiro atoms. The van der Waals surface area contributed by atoms with Crippen molar-refractivity contribution in [2.45, 2.75) is 0 Å². The van der Waals surface area contributed by atoms with Crippen molar-refractivity contribution in [2.75, 3.05) is 4.90 Å². The number of nitrogens with zero attached hydrogens (tertiary/aromatic N) is 1. The Morgan fingerprint density at radius 2 is 1.12 bits per heavy atom. The lowest BCUT2D eigenvalue weighted by Crippen LogP contribution is -2.33. The van der Waals surface area contributed by atoms with Crippen LogP contribution in [-0.2, 0) is 9.59 Å². The highest BCUT2D eigenvalue weighted by molar-refractivity contribution is 9.10. The van der Waals surface area contributed by atoms with Gasteiger partial charge in [0.15, 0.2) is 0 Å². The molecule has 0 radical (unpaired) electrons. The zero-order valence-corrected chi connectivity index (χ0v) is 18.8. The molecule has 1 saturated carbocycles. The topological polar surface area (TPSA) is 37.4 Å². The SMILES string of the molecule is O=C1[C@H]2[C@H](C(=O)N1c1ccccc1Br)[C@H]1C=C[C@H]2C1=C(c1ccccc1)c1ccccc1. The predicted octanol–water partition coefficient (Wildman–Crippen LogP) is 5.87. The maximum absolute atomic E-state index is 13.6. The van der Waals surface area contributed by atoms with Crippen molar-refractivity contribution in [3.8, 4) is 0 Å². The van der Waals surface area contributed by atoms with E-state index in [1.54, 1.807) is 0 Å². The number of fused-ring (bicyclic) bond motifs is 5. The fourth-order valence-corrected chi connectivity index (χ4v) is 6.14. The summed E-state index contributed by atoms with van der Waals surface area (Å²) < 4.78 is 0.756.